The highest BCUT2D eigenvalue weighted by molar-refractivity contribution is 7.90. The minimum Gasteiger partial charge on any atom is -0.396 e. The largest absolute Gasteiger partial charge is 0.396 e. The van der Waals surface area contributed by atoms with Gasteiger partial charge in [-0.15, -0.1) is 0 Å². The monoisotopic (exact) mass is 250 g/mol. The average molecular weight is 250 g/mol. The van der Waals surface area contributed by atoms with Gasteiger partial charge in [-0.3, -0.25) is 0 Å². The normalized spacial score (nSPS) is 26.9. The van der Waals surface area contributed by atoms with Crippen molar-refractivity contribution in [1.29, 1.82) is 0 Å². The average Bonchev–Trinajstić information content (AvgIpc) is 2.24. The van der Waals surface area contributed by atoms with Gasteiger partial charge in [0.1, 0.15) is 9.84 Å². The van der Waals surface area contributed by atoms with E-state index in [1.54, 1.807) is 0 Å². The molecule has 16 heavy (non-hydrogen) atoms. The molecule has 0 aromatic carbocycles. The van der Waals surface area contributed by atoms with Gasteiger partial charge in [0, 0.05) is 19.5 Å². The molecular weight excluding hydrogens is 228 g/mol. The molecule has 1 aliphatic rings. The first-order chi connectivity index (χ1) is 7.51. The third kappa shape index (κ3) is 5.82. The van der Waals surface area contributed by atoms with Crippen LogP contribution in [0.25, 0.3) is 0 Å². The molecule has 0 aromatic heterocycles. The fourth-order valence-corrected chi connectivity index (χ4v) is 2.69. The molecule has 0 spiro atoms. The summed E-state index contributed by atoms with van der Waals surface area (Å²) < 4.78 is 27.4. The summed E-state index contributed by atoms with van der Waals surface area (Å²) in [6.07, 6.45) is 6.12. The topological polar surface area (TPSA) is 63.6 Å². The molecule has 1 N–H and O–H groups in total. The van der Waals surface area contributed by atoms with E-state index in [0.29, 0.717) is 18.9 Å². The fraction of sp³-hybridized carbons (Fsp3) is 1.00. The number of sulfone groups is 1. The molecule has 0 atom stereocenters. The van der Waals surface area contributed by atoms with Crippen molar-refractivity contribution in [3.63, 3.8) is 0 Å². The van der Waals surface area contributed by atoms with Crippen LogP contribution >= 0.6 is 0 Å². The number of aliphatic hydroxyl groups excluding tert-OH is 1. The molecule has 1 fully saturated rings. The molecule has 1 saturated carbocycles. The maximum absolute atomic E-state index is 10.9. The van der Waals surface area contributed by atoms with Crippen molar-refractivity contribution in [3.05, 3.63) is 0 Å². The van der Waals surface area contributed by atoms with E-state index in [2.05, 4.69) is 0 Å². The SMILES string of the molecule is CS(=O)(=O)CCCOC1CCC(CO)CC1. The lowest BCUT2D eigenvalue weighted by Gasteiger charge is -2.27. The summed E-state index contributed by atoms with van der Waals surface area (Å²) in [5.74, 6) is 0.648. The van der Waals surface area contributed by atoms with Crippen LogP contribution in [0.15, 0.2) is 0 Å². The second-order valence-corrected chi connectivity index (χ2v) is 6.94. The summed E-state index contributed by atoms with van der Waals surface area (Å²) in [4.78, 5) is 0. The van der Waals surface area contributed by atoms with Gasteiger partial charge in [0.05, 0.1) is 11.9 Å². The molecule has 0 bridgehead atoms. The molecule has 0 aliphatic heterocycles. The highest BCUT2D eigenvalue weighted by Gasteiger charge is 2.20. The predicted molar refractivity (Wildman–Crippen MR) is 63.1 cm³/mol. The minimum atomic E-state index is -2.85. The lowest BCUT2D eigenvalue weighted by Crippen LogP contribution is -2.24. The van der Waals surface area contributed by atoms with Gasteiger partial charge < -0.3 is 9.84 Å². The third-order valence-electron chi connectivity index (χ3n) is 3.06. The summed E-state index contributed by atoms with van der Waals surface area (Å²) in [6.45, 7) is 0.808. The zero-order chi connectivity index (χ0) is 12.0. The first-order valence-electron chi connectivity index (χ1n) is 5.91. The van der Waals surface area contributed by atoms with Crippen molar-refractivity contribution in [1.82, 2.24) is 0 Å². The van der Waals surface area contributed by atoms with Crippen LogP contribution in [0.4, 0.5) is 0 Å². The summed E-state index contributed by atoms with van der Waals surface area (Å²) in [6, 6.07) is 0. The van der Waals surface area contributed by atoms with Gasteiger partial charge in [0.15, 0.2) is 0 Å². The number of hydrogen-bond acceptors (Lipinski definition) is 4. The second-order valence-electron chi connectivity index (χ2n) is 4.68. The Hall–Kier alpha value is -0.130. The van der Waals surface area contributed by atoms with E-state index in [1.165, 1.54) is 6.26 Å². The maximum atomic E-state index is 10.9. The molecule has 0 aromatic rings. The Morgan fingerprint density at radius 2 is 1.88 bits per heavy atom. The second kappa shape index (κ2) is 6.57. The van der Waals surface area contributed by atoms with Crippen LogP contribution in [0, 0.1) is 5.92 Å². The molecule has 0 saturated heterocycles. The lowest BCUT2D eigenvalue weighted by molar-refractivity contribution is 0.0120. The highest BCUT2D eigenvalue weighted by atomic mass is 32.2. The van der Waals surface area contributed by atoms with E-state index in [9.17, 15) is 8.42 Å². The van der Waals surface area contributed by atoms with Gasteiger partial charge in [-0.25, -0.2) is 8.42 Å². The first kappa shape index (κ1) is 13.9. The third-order valence-corrected chi connectivity index (χ3v) is 4.10. The van der Waals surface area contributed by atoms with E-state index >= 15 is 0 Å². The molecule has 0 amide bonds. The Kier molecular flexibility index (Phi) is 5.72. The zero-order valence-corrected chi connectivity index (χ0v) is 10.7. The Morgan fingerprint density at radius 1 is 1.25 bits per heavy atom. The molecular formula is C11H22O4S. The summed E-state index contributed by atoms with van der Waals surface area (Å²) >= 11 is 0. The van der Waals surface area contributed by atoms with Crippen LogP contribution in [0.1, 0.15) is 32.1 Å². The number of ether oxygens (including phenoxy) is 1. The lowest BCUT2D eigenvalue weighted by atomic mass is 9.88. The Labute approximate surface area is 97.9 Å². The minimum absolute atomic E-state index is 0.207. The Bertz CT molecular complexity index is 278. The predicted octanol–water partition coefficient (Wildman–Crippen LogP) is 0.989. The molecule has 0 unspecified atom stereocenters. The quantitative estimate of drug-likeness (QED) is 0.714. The van der Waals surface area contributed by atoms with Crippen LogP contribution in [-0.4, -0.2) is 44.9 Å². The zero-order valence-electron chi connectivity index (χ0n) is 9.89. The molecule has 5 heteroatoms. The van der Waals surface area contributed by atoms with E-state index in [-0.39, 0.29) is 18.5 Å². The molecule has 4 nitrogen and oxygen atoms in total. The van der Waals surface area contributed by atoms with E-state index in [1.807, 2.05) is 0 Å². The fourth-order valence-electron chi connectivity index (χ4n) is 2.05. The number of rotatable bonds is 6. The Morgan fingerprint density at radius 3 is 2.38 bits per heavy atom. The summed E-state index contributed by atoms with van der Waals surface area (Å²) in [5, 5.41) is 8.97. The van der Waals surface area contributed by atoms with Crippen molar-refractivity contribution in [2.45, 2.75) is 38.2 Å². The van der Waals surface area contributed by atoms with Crippen molar-refractivity contribution < 1.29 is 18.3 Å². The van der Waals surface area contributed by atoms with Crippen molar-refractivity contribution in [2.24, 2.45) is 5.92 Å². The smallest absolute Gasteiger partial charge is 0.147 e. The van der Waals surface area contributed by atoms with E-state index in [4.69, 9.17) is 9.84 Å². The Balaban J connectivity index is 2.07. The number of aliphatic hydroxyl groups is 1. The van der Waals surface area contributed by atoms with Crippen LogP contribution in [0.2, 0.25) is 0 Å². The number of hydrogen-bond donors (Lipinski definition) is 1. The van der Waals surface area contributed by atoms with Gasteiger partial charge >= 0.3 is 0 Å². The van der Waals surface area contributed by atoms with Crippen molar-refractivity contribution in [2.75, 3.05) is 25.2 Å². The van der Waals surface area contributed by atoms with Crippen LogP contribution in [-0.2, 0) is 14.6 Å². The van der Waals surface area contributed by atoms with Crippen molar-refractivity contribution in [3.8, 4) is 0 Å². The maximum Gasteiger partial charge on any atom is 0.147 e. The highest BCUT2D eigenvalue weighted by Crippen LogP contribution is 2.25. The van der Waals surface area contributed by atoms with Gasteiger partial charge in [-0.05, 0) is 38.0 Å². The van der Waals surface area contributed by atoms with Gasteiger partial charge in [-0.1, -0.05) is 0 Å². The van der Waals surface area contributed by atoms with Gasteiger partial charge in [0.25, 0.3) is 0 Å². The molecule has 1 aliphatic carbocycles. The van der Waals surface area contributed by atoms with Crippen LogP contribution < -0.4 is 0 Å². The van der Waals surface area contributed by atoms with E-state index < -0.39 is 9.84 Å². The van der Waals surface area contributed by atoms with E-state index in [0.717, 1.165) is 25.7 Å². The summed E-state index contributed by atoms with van der Waals surface area (Å²) in [7, 11) is -2.85. The first-order valence-corrected chi connectivity index (χ1v) is 7.97. The van der Waals surface area contributed by atoms with Crippen LogP contribution in [0.5, 0.6) is 0 Å². The molecule has 1 rings (SSSR count). The molecule has 0 heterocycles. The van der Waals surface area contributed by atoms with Gasteiger partial charge in [0.2, 0.25) is 0 Å². The van der Waals surface area contributed by atoms with Crippen LogP contribution in [0.3, 0.4) is 0 Å². The summed E-state index contributed by atoms with van der Waals surface area (Å²) in [5.41, 5.74) is 0. The van der Waals surface area contributed by atoms with Crippen molar-refractivity contribution >= 4 is 9.84 Å². The van der Waals surface area contributed by atoms with Gasteiger partial charge in [-0.2, -0.15) is 0 Å². The standard InChI is InChI=1S/C11H22O4S/c1-16(13,14)8-2-7-15-11-5-3-10(9-12)4-6-11/h10-12H,2-9H2,1H3. The molecule has 96 valence electrons. The molecule has 0 radical (unpaired) electrons.